The van der Waals surface area contributed by atoms with Crippen LogP contribution in [0.3, 0.4) is 0 Å². The predicted octanol–water partition coefficient (Wildman–Crippen LogP) is 1.81. The molecule has 48 heavy (non-hydrogen) atoms. The maximum Gasteiger partial charge on any atom is 0.243 e. The molecule has 1 aliphatic rings. The van der Waals surface area contributed by atoms with Gasteiger partial charge in [0, 0.05) is 38.0 Å². The molecule has 1 aliphatic heterocycles. The van der Waals surface area contributed by atoms with Crippen molar-refractivity contribution >= 4 is 23.6 Å². The van der Waals surface area contributed by atoms with E-state index >= 15 is 0 Å². The molecule has 0 spiro atoms. The second-order valence-corrected chi connectivity index (χ2v) is 12.5. The van der Waals surface area contributed by atoms with E-state index in [2.05, 4.69) is 42.3 Å². The van der Waals surface area contributed by atoms with Gasteiger partial charge in [0.05, 0.1) is 13.7 Å². The third-order valence-electron chi connectivity index (χ3n) is 8.31. The molecule has 4 rings (SSSR count). The van der Waals surface area contributed by atoms with Gasteiger partial charge in [-0.15, -0.1) is 0 Å². The van der Waals surface area contributed by atoms with Crippen LogP contribution in [0, 0.1) is 5.92 Å². The van der Waals surface area contributed by atoms with Gasteiger partial charge in [-0.3, -0.25) is 24.1 Å². The lowest BCUT2D eigenvalue weighted by atomic mass is 10.0. The van der Waals surface area contributed by atoms with Crippen molar-refractivity contribution in [2.75, 3.05) is 26.7 Å². The van der Waals surface area contributed by atoms with E-state index in [1.807, 2.05) is 56.3 Å². The number of aromatic nitrogens is 3. The standard InChI is InChI=1S/C35H48N8O5/c1-24(2)32-35(47)37-15-9-17-42(20-27-13-14-30(48-4)28(18-27)21-43-23-36-22-38-43)16-8-12-31(44)40-29(19-26-10-6-5-7-11-26)34(46)39-25(3)33(45)41-32/h5-7,10-11,13-14,18,22-25,29,32H,8-9,12,15-17,19-21H2,1-4H3,(H,37,47)(H,39,46)(H,40,44)(H,41,45)/t25-,29+,32-/m1/s1. The van der Waals surface area contributed by atoms with E-state index in [0.717, 1.165) is 22.4 Å². The molecule has 13 nitrogen and oxygen atoms in total. The van der Waals surface area contributed by atoms with Crippen LogP contribution in [0.2, 0.25) is 0 Å². The Labute approximate surface area is 282 Å². The van der Waals surface area contributed by atoms with Crippen molar-refractivity contribution in [1.82, 2.24) is 40.9 Å². The largest absolute Gasteiger partial charge is 0.496 e. The van der Waals surface area contributed by atoms with Crippen molar-refractivity contribution < 1.29 is 23.9 Å². The smallest absolute Gasteiger partial charge is 0.243 e. The van der Waals surface area contributed by atoms with Gasteiger partial charge < -0.3 is 26.0 Å². The molecule has 13 heteroatoms. The molecule has 4 N–H and O–H groups in total. The fourth-order valence-electron chi connectivity index (χ4n) is 5.68. The quantitative estimate of drug-likeness (QED) is 0.285. The van der Waals surface area contributed by atoms with Crippen LogP contribution in [0.15, 0.2) is 61.2 Å². The van der Waals surface area contributed by atoms with Crippen molar-refractivity contribution in [3.8, 4) is 5.75 Å². The molecule has 4 amide bonds. The van der Waals surface area contributed by atoms with Gasteiger partial charge in [0.15, 0.2) is 0 Å². The Morgan fingerprint density at radius 2 is 1.67 bits per heavy atom. The normalized spacial score (nSPS) is 21.0. The van der Waals surface area contributed by atoms with Crippen LogP contribution in [0.4, 0.5) is 0 Å². The van der Waals surface area contributed by atoms with Gasteiger partial charge >= 0.3 is 0 Å². The molecule has 3 atom stereocenters. The SMILES string of the molecule is COc1ccc(CN2CCCNC(=O)[C@@H](C(C)C)NC(=O)[C@@H](C)NC(=O)[C@H](Cc3ccccc3)NC(=O)CCC2)cc1Cn1cncn1. The third kappa shape index (κ3) is 10.9. The van der Waals surface area contributed by atoms with E-state index in [0.29, 0.717) is 45.6 Å². The highest BCUT2D eigenvalue weighted by molar-refractivity contribution is 5.94. The van der Waals surface area contributed by atoms with E-state index in [4.69, 9.17) is 4.74 Å². The fraction of sp³-hybridized carbons (Fsp3) is 0.486. The minimum atomic E-state index is -0.913. The van der Waals surface area contributed by atoms with Crippen molar-refractivity contribution in [2.24, 2.45) is 5.92 Å². The first-order valence-electron chi connectivity index (χ1n) is 16.5. The van der Waals surface area contributed by atoms with Crippen LogP contribution in [0.1, 0.15) is 56.7 Å². The number of hydrogen-bond acceptors (Lipinski definition) is 8. The zero-order valence-electron chi connectivity index (χ0n) is 28.3. The Morgan fingerprint density at radius 3 is 2.38 bits per heavy atom. The number of ether oxygens (including phenoxy) is 1. The first-order valence-corrected chi connectivity index (χ1v) is 16.5. The van der Waals surface area contributed by atoms with Crippen LogP contribution in [-0.4, -0.2) is 88.2 Å². The molecule has 258 valence electrons. The zero-order valence-corrected chi connectivity index (χ0v) is 28.3. The lowest BCUT2D eigenvalue weighted by Gasteiger charge is -2.26. The van der Waals surface area contributed by atoms with E-state index in [-0.39, 0.29) is 30.6 Å². The minimum absolute atomic E-state index is 0.175. The number of nitrogens with zero attached hydrogens (tertiary/aromatic N) is 4. The van der Waals surface area contributed by atoms with Crippen molar-refractivity contribution in [3.63, 3.8) is 0 Å². The van der Waals surface area contributed by atoms with Gasteiger partial charge in [-0.05, 0) is 55.5 Å². The Morgan fingerprint density at radius 1 is 0.896 bits per heavy atom. The van der Waals surface area contributed by atoms with Crippen molar-refractivity contribution in [2.45, 2.75) is 77.7 Å². The van der Waals surface area contributed by atoms with E-state index in [1.54, 1.807) is 25.0 Å². The second-order valence-electron chi connectivity index (χ2n) is 12.5. The van der Waals surface area contributed by atoms with Gasteiger partial charge in [0.1, 0.15) is 36.5 Å². The Kier molecular flexibility index (Phi) is 13.5. The molecule has 0 bridgehead atoms. The van der Waals surface area contributed by atoms with E-state index < -0.39 is 29.9 Å². The summed E-state index contributed by atoms with van der Waals surface area (Å²) in [5.74, 6) is -0.876. The summed E-state index contributed by atoms with van der Waals surface area (Å²) in [6.07, 6.45) is 4.87. The first kappa shape index (κ1) is 36.1. The monoisotopic (exact) mass is 660 g/mol. The molecule has 0 radical (unpaired) electrons. The maximum absolute atomic E-state index is 13.4. The summed E-state index contributed by atoms with van der Waals surface area (Å²) in [7, 11) is 1.64. The lowest BCUT2D eigenvalue weighted by Crippen LogP contribution is -2.57. The van der Waals surface area contributed by atoms with Gasteiger partial charge in [-0.25, -0.2) is 9.67 Å². The predicted molar refractivity (Wildman–Crippen MR) is 181 cm³/mol. The first-order chi connectivity index (χ1) is 23.1. The molecule has 2 heterocycles. The zero-order chi connectivity index (χ0) is 34.5. The maximum atomic E-state index is 13.4. The molecular weight excluding hydrogens is 612 g/mol. The summed E-state index contributed by atoms with van der Waals surface area (Å²) in [6.45, 7) is 8.13. The summed E-state index contributed by atoms with van der Waals surface area (Å²) in [5, 5.41) is 15.6. The molecule has 1 fully saturated rings. The number of methoxy groups -OCH3 is 1. The number of benzene rings is 2. The molecule has 0 aliphatic carbocycles. The van der Waals surface area contributed by atoms with E-state index in [9.17, 15) is 19.2 Å². The van der Waals surface area contributed by atoms with Crippen LogP contribution in [0.5, 0.6) is 5.75 Å². The average molecular weight is 661 g/mol. The molecule has 1 aromatic heterocycles. The highest BCUT2D eigenvalue weighted by Crippen LogP contribution is 2.22. The summed E-state index contributed by atoms with van der Waals surface area (Å²) < 4.78 is 7.32. The van der Waals surface area contributed by atoms with Crippen LogP contribution in [-0.2, 0) is 38.7 Å². The van der Waals surface area contributed by atoms with Crippen molar-refractivity contribution in [3.05, 3.63) is 77.9 Å². The highest BCUT2D eigenvalue weighted by Gasteiger charge is 2.29. The highest BCUT2D eigenvalue weighted by atomic mass is 16.5. The summed E-state index contributed by atoms with van der Waals surface area (Å²) in [4.78, 5) is 59.1. The number of carbonyl (C=O) groups excluding carboxylic acids is 4. The van der Waals surface area contributed by atoms with Gasteiger partial charge in [-0.1, -0.05) is 50.2 Å². The third-order valence-corrected chi connectivity index (χ3v) is 8.31. The van der Waals surface area contributed by atoms with Crippen LogP contribution >= 0.6 is 0 Å². The lowest BCUT2D eigenvalue weighted by molar-refractivity contribution is -0.134. The number of carbonyl (C=O) groups is 4. The van der Waals surface area contributed by atoms with Crippen molar-refractivity contribution in [1.29, 1.82) is 0 Å². The molecule has 0 saturated carbocycles. The second kappa shape index (κ2) is 17.9. The Hall–Kier alpha value is -4.78. The number of amides is 4. The number of rotatable bonds is 8. The van der Waals surface area contributed by atoms with Crippen LogP contribution in [0.25, 0.3) is 0 Å². The summed E-state index contributed by atoms with van der Waals surface area (Å²) in [6, 6.07) is 12.9. The van der Waals surface area contributed by atoms with E-state index in [1.165, 1.54) is 6.33 Å². The summed E-state index contributed by atoms with van der Waals surface area (Å²) >= 11 is 0. The fourth-order valence-corrected chi connectivity index (χ4v) is 5.68. The number of hydrogen-bond donors (Lipinski definition) is 4. The molecule has 1 saturated heterocycles. The topological polar surface area (TPSA) is 160 Å². The Bertz CT molecular complexity index is 1500. The number of nitrogens with one attached hydrogen (secondary N) is 4. The van der Waals surface area contributed by atoms with Crippen LogP contribution < -0.4 is 26.0 Å². The molecule has 2 aromatic carbocycles. The molecule has 0 unspecified atom stereocenters. The summed E-state index contributed by atoms with van der Waals surface area (Å²) in [5.41, 5.74) is 2.91. The molecule has 3 aromatic rings. The minimum Gasteiger partial charge on any atom is -0.496 e. The van der Waals surface area contributed by atoms with Gasteiger partial charge in [0.25, 0.3) is 0 Å². The van der Waals surface area contributed by atoms with Gasteiger partial charge in [-0.2, -0.15) is 5.10 Å². The molecular formula is C35H48N8O5. The Balaban J connectivity index is 1.52. The van der Waals surface area contributed by atoms with Gasteiger partial charge in [0.2, 0.25) is 23.6 Å². The average Bonchev–Trinajstić information content (AvgIpc) is 3.58.